The molecule has 2 aliphatic rings. The van der Waals surface area contributed by atoms with Crippen LogP contribution in [0.15, 0.2) is 42.6 Å². The lowest BCUT2D eigenvalue weighted by Gasteiger charge is -2.33. The minimum absolute atomic E-state index is 0.0606. The molecule has 170 valence electrons. The largest absolute Gasteiger partial charge is 0.458 e. The zero-order valence-corrected chi connectivity index (χ0v) is 17.2. The highest BCUT2D eigenvalue weighted by atomic mass is 19.4. The smallest absolute Gasteiger partial charge is 0.433 e. The van der Waals surface area contributed by atoms with E-state index >= 15 is 0 Å². The normalized spacial score (nSPS) is 19.4. The molecule has 0 aliphatic carbocycles. The molecule has 2 aromatic rings. The summed E-state index contributed by atoms with van der Waals surface area (Å²) in [5, 5.41) is 0. The fourth-order valence-electron chi connectivity index (χ4n) is 3.81. The van der Waals surface area contributed by atoms with E-state index < -0.39 is 18.0 Å². The van der Waals surface area contributed by atoms with Gasteiger partial charge in [0, 0.05) is 31.5 Å². The van der Waals surface area contributed by atoms with E-state index in [1.807, 2.05) is 30.3 Å². The number of hydrogen-bond donors (Lipinski definition) is 0. The van der Waals surface area contributed by atoms with E-state index in [9.17, 15) is 22.8 Å². The van der Waals surface area contributed by atoms with Gasteiger partial charge >= 0.3 is 18.2 Å². The van der Waals surface area contributed by atoms with Gasteiger partial charge in [-0.25, -0.2) is 9.78 Å². The molecule has 4 rings (SSSR count). The number of nitrogens with zero attached hydrogens (tertiary/aromatic N) is 5. The minimum atomic E-state index is -4.59. The molecule has 11 heteroatoms. The number of piperidine rings is 1. The van der Waals surface area contributed by atoms with Crippen LogP contribution < -0.4 is 9.64 Å². The van der Waals surface area contributed by atoms with Crippen molar-refractivity contribution in [3.63, 3.8) is 0 Å². The number of hydrogen-bond acceptors (Lipinski definition) is 5. The standard InChI is InChI=1S/C21H22F3N5O3/c22-21(23,24)17-8-9-25-19(26-17)32-16-7-4-10-27(13-16)18(30)14-28-11-12-29(20(28)31)15-5-2-1-3-6-15/h1-3,5-6,8-9,16H,4,7,10-14H2. The van der Waals surface area contributed by atoms with Gasteiger partial charge in [0.25, 0.3) is 0 Å². The Morgan fingerprint density at radius 2 is 1.91 bits per heavy atom. The van der Waals surface area contributed by atoms with Crippen molar-refractivity contribution in [3.05, 3.63) is 48.3 Å². The summed E-state index contributed by atoms with van der Waals surface area (Å²) in [6, 6.07) is 9.41. The van der Waals surface area contributed by atoms with E-state index in [1.54, 1.807) is 9.80 Å². The van der Waals surface area contributed by atoms with E-state index in [2.05, 4.69) is 9.97 Å². The number of carbonyl (C=O) groups excluding carboxylic acids is 2. The number of alkyl halides is 3. The topological polar surface area (TPSA) is 78.9 Å². The Bertz CT molecular complexity index is 973. The van der Waals surface area contributed by atoms with Crippen molar-refractivity contribution in [2.75, 3.05) is 37.6 Å². The monoisotopic (exact) mass is 449 g/mol. The van der Waals surface area contributed by atoms with Gasteiger partial charge in [0.05, 0.1) is 6.54 Å². The van der Waals surface area contributed by atoms with Crippen LogP contribution in [-0.4, -0.2) is 70.5 Å². The van der Waals surface area contributed by atoms with Crippen molar-refractivity contribution in [2.45, 2.75) is 25.1 Å². The Labute approximate surface area is 182 Å². The van der Waals surface area contributed by atoms with Crippen molar-refractivity contribution in [2.24, 2.45) is 0 Å². The molecule has 0 saturated carbocycles. The average Bonchev–Trinajstić information content (AvgIpc) is 3.14. The van der Waals surface area contributed by atoms with Crippen LogP contribution in [0.2, 0.25) is 0 Å². The number of aromatic nitrogens is 2. The summed E-state index contributed by atoms with van der Waals surface area (Å²) >= 11 is 0. The molecule has 2 fully saturated rings. The first-order valence-electron chi connectivity index (χ1n) is 10.3. The van der Waals surface area contributed by atoms with Gasteiger partial charge in [-0.2, -0.15) is 18.2 Å². The molecule has 1 unspecified atom stereocenters. The van der Waals surface area contributed by atoms with Gasteiger partial charge in [0.15, 0.2) is 5.69 Å². The summed E-state index contributed by atoms with van der Waals surface area (Å²) < 4.78 is 44.1. The number of ether oxygens (including phenoxy) is 1. The molecular weight excluding hydrogens is 427 g/mol. The molecular formula is C21H22F3N5O3. The fourth-order valence-corrected chi connectivity index (χ4v) is 3.81. The molecule has 3 amide bonds. The fraction of sp³-hybridized carbons (Fsp3) is 0.429. The molecule has 3 heterocycles. The molecule has 2 aliphatic heterocycles. The second-order valence-electron chi connectivity index (χ2n) is 7.64. The third-order valence-corrected chi connectivity index (χ3v) is 5.42. The molecule has 2 saturated heterocycles. The second kappa shape index (κ2) is 9.01. The molecule has 1 aromatic carbocycles. The van der Waals surface area contributed by atoms with Crippen LogP contribution in [0.4, 0.5) is 23.7 Å². The molecule has 8 nitrogen and oxygen atoms in total. The maximum atomic E-state index is 12.8. The van der Waals surface area contributed by atoms with Crippen LogP contribution in [0.5, 0.6) is 6.01 Å². The summed E-state index contributed by atoms with van der Waals surface area (Å²) in [4.78, 5) is 37.4. The number of para-hydroxylation sites is 1. The van der Waals surface area contributed by atoms with Crippen LogP contribution in [0.25, 0.3) is 0 Å². The van der Waals surface area contributed by atoms with Crippen LogP contribution >= 0.6 is 0 Å². The Hall–Kier alpha value is -3.37. The Morgan fingerprint density at radius 1 is 1.12 bits per heavy atom. The molecule has 0 spiro atoms. The summed E-state index contributed by atoms with van der Waals surface area (Å²) in [7, 11) is 0. The van der Waals surface area contributed by atoms with Crippen molar-refractivity contribution in [3.8, 4) is 6.01 Å². The second-order valence-corrected chi connectivity index (χ2v) is 7.64. The van der Waals surface area contributed by atoms with Gasteiger partial charge in [0.2, 0.25) is 5.91 Å². The van der Waals surface area contributed by atoms with Gasteiger partial charge < -0.3 is 14.5 Å². The number of carbonyl (C=O) groups is 2. The third-order valence-electron chi connectivity index (χ3n) is 5.42. The quantitative estimate of drug-likeness (QED) is 0.702. The summed E-state index contributed by atoms with van der Waals surface area (Å²) in [6.45, 7) is 1.56. The van der Waals surface area contributed by atoms with Gasteiger partial charge in [-0.05, 0) is 31.0 Å². The lowest BCUT2D eigenvalue weighted by atomic mass is 10.1. The van der Waals surface area contributed by atoms with Crippen molar-refractivity contribution in [1.82, 2.24) is 19.8 Å². The highest BCUT2D eigenvalue weighted by molar-refractivity contribution is 5.96. The first kappa shape index (κ1) is 21.8. The summed E-state index contributed by atoms with van der Waals surface area (Å²) in [5.74, 6) is -0.230. The molecule has 1 atom stereocenters. The Kier molecular flexibility index (Phi) is 6.15. The van der Waals surface area contributed by atoms with Gasteiger partial charge in [0.1, 0.15) is 12.6 Å². The zero-order chi connectivity index (χ0) is 22.7. The maximum Gasteiger partial charge on any atom is 0.433 e. The first-order chi connectivity index (χ1) is 15.3. The minimum Gasteiger partial charge on any atom is -0.458 e. The van der Waals surface area contributed by atoms with Crippen LogP contribution in [0.1, 0.15) is 18.5 Å². The number of halogens is 3. The van der Waals surface area contributed by atoms with E-state index in [0.717, 1.165) is 18.0 Å². The predicted molar refractivity (Wildman–Crippen MR) is 108 cm³/mol. The lowest BCUT2D eigenvalue weighted by molar-refractivity contribution is -0.141. The third kappa shape index (κ3) is 4.92. The number of rotatable bonds is 5. The first-order valence-corrected chi connectivity index (χ1v) is 10.3. The predicted octanol–water partition coefficient (Wildman–Crippen LogP) is 2.81. The highest BCUT2D eigenvalue weighted by Crippen LogP contribution is 2.28. The molecule has 0 N–H and O–H groups in total. The highest BCUT2D eigenvalue weighted by Gasteiger charge is 2.35. The molecule has 0 bridgehead atoms. The number of anilines is 1. The number of benzene rings is 1. The van der Waals surface area contributed by atoms with Gasteiger partial charge in [-0.3, -0.25) is 9.69 Å². The summed E-state index contributed by atoms with van der Waals surface area (Å²) in [5.41, 5.74) is -0.304. The Morgan fingerprint density at radius 3 is 2.66 bits per heavy atom. The Balaban J connectivity index is 1.34. The number of likely N-dealkylation sites (tertiary alicyclic amines) is 1. The van der Waals surface area contributed by atoms with Gasteiger partial charge in [-0.1, -0.05) is 18.2 Å². The maximum absolute atomic E-state index is 12.8. The van der Waals surface area contributed by atoms with Crippen LogP contribution in [0.3, 0.4) is 0 Å². The number of amides is 3. The van der Waals surface area contributed by atoms with Crippen LogP contribution in [0, 0.1) is 0 Å². The zero-order valence-electron chi connectivity index (χ0n) is 17.2. The average molecular weight is 449 g/mol. The van der Waals surface area contributed by atoms with Crippen LogP contribution in [-0.2, 0) is 11.0 Å². The number of urea groups is 1. The van der Waals surface area contributed by atoms with E-state index in [-0.39, 0.29) is 31.0 Å². The van der Waals surface area contributed by atoms with Crippen molar-refractivity contribution >= 4 is 17.6 Å². The molecule has 1 aromatic heterocycles. The van der Waals surface area contributed by atoms with Crippen molar-refractivity contribution in [1.29, 1.82) is 0 Å². The summed E-state index contributed by atoms with van der Waals surface area (Å²) in [6.07, 6.45) is -2.93. The van der Waals surface area contributed by atoms with E-state index in [1.165, 1.54) is 4.90 Å². The molecule has 0 radical (unpaired) electrons. The molecule has 32 heavy (non-hydrogen) atoms. The lowest BCUT2D eigenvalue weighted by Crippen LogP contribution is -2.48. The van der Waals surface area contributed by atoms with Gasteiger partial charge in [-0.15, -0.1) is 0 Å². The van der Waals surface area contributed by atoms with Crippen molar-refractivity contribution < 1.29 is 27.5 Å². The van der Waals surface area contributed by atoms with E-state index in [0.29, 0.717) is 32.5 Å². The SMILES string of the molecule is O=C(CN1CCN(c2ccccc2)C1=O)N1CCCC(Oc2nccc(C(F)(F)F)n2)C1. The van der Waals surface area contributed by atoms with E-state index in [4.69, 9.17) is 4.74 Å².